The first kappa shape index (κ1) is 19.3. The molecule has 0 bridgehead atoms. The van der Waals surface area contributed by atoms with Crippen LogP contribution in [0.2, 0.25) is 0 Å². The third-order valence-corrected chi connectivity index (χ3v) is 5.14. The second kappa shape index (κ2) is 8.37. The highest BCUT2D eigenvalue weighted by atomic mass is 16.5. The minimum atomic E-state index is -0.553. The number of nitrogens with one attached hydrogen (secondary N) is 1. The molecule has 1 unspecified atom stereocenters. The molecule has 1 N–H and O–H groups in total. The molecular weight excluding hydrogens is 316 g/mol. The van der Waals surface area contributed by atoms with E-state index in [2.05, 4.69) is 19.2 Å². The Kier molecular flexibility index (Phi) is 6.45. The molecule has 1 aromatic rings. The molecule has 1 fully saturated rings. The fraction of sp³-hybridized carbons (Fsp3) is 0.600. The highest BCUT2D eigenvalue weighted by molar-refractivity contribution is 5.86. The van der Waals surface area contributed by atoms with Gasteiger partial charge in [0.15, 0.2) is 0 Å². The lowest BCUT2D eigenvalue weighted by Crippen LogP contribution is -2.51. The average molecular weight is 346 g/mol. The fourth-order valence-electron chi connectivity index (χ4n) is 3.10. The van der Waals surface area contributed by atoms with Crippen LogP contribution >= 0.6 is 0 Å². The first-order valence-corrected chi connectivity index (χ1v) is 9.10. The van der Waals surface area contributed by atoms with Gasteiger partial charge in [-0.15, -0.1) is 0 Å². The van der Waals surface area contributed by atoms with E-state index in [9.17, 15) is 9.59 Å². The Morgan fingerprint density at radius 3 is 2.52 bits per heavy atom. The molecule has 1 aliphatic rings. The summed E-state index contributed by atoms with van der Waals surface area (Å²) in [4.78, 5) is 26.9. The van der Waals surface area contributed by atoms with Crippen molar-refractivity contribution in [2.24, 2.45) is 11.3 Å². The molecule has 5 nitrogen and oxygen atoms in total. The number of alkyl carbamates (subject to hydrolysis) is 1. The molecule has 138 valence electrons. The summed E-state index contributed by atoms with van der Waals surface area (Å²) in [5.41, 5.74) is 1.11. The van der Waals surface area contributed by atoms with Crippen LogP contribution in [0.25, 0.3) is 0 Å². The zero-order valence-electron chi connectivity index (χ0n) is 15.7. The van der Waals surface area contributed by atoms with Gasteiger partial charge < -0.3 is 15.0 Å². The molecular formula is C20H30N2O3. The van der Waals surface area contributed by atoms with Gasteiger partial charge in [-0.05, 0) is 29.7 Å². The number of likely N-dealkylation sites (tertiary alicyclic amines) is 1. The summed E-state index contributed by atoms with van der Waals surface area (Å²) in [6.07, 6.45) is 1.52. The summed E-state index contributed by atoms with van der Waals surface area (Å²) < 4.78 is 5.26. The van der Waals surface area contributed by atoms with Crippen LogP contribution < -0.4 is 5.32 Å². The quantitative estimate of drug-likeness (QED) is 0.856. The van der Waals surface area contributed by atoms with E-state index in [1.54, 1.807) is 0 Å². The van der Waals surface area contributed by atoms with Crippen molar-refractivity contribution in [1.82, 2.24) is 10.2 Å². The Morgan fingerprint density at radius 1 is 1.28 bits per heavy atom. The van der Waals surface area contributed by atoms with Gasteiger partial charge in [0.05, 0.1) is 0 Å². The van der Waals surface area contributed by atoms with Crippen LogP contribution in [0.1, 0.15) is 46.1 Å². The summed E-state index contributed by atoms with van der Waals surface area (Å²) in [5.74, 6) is -0.00547. The maximum absolute atomic E-state index is 12.9. The first-order chi connectivity index (χ1) is 11.8. The smallest absolute Gasteiger partial charge is 0.408 e. The van der Waals surface area contributed by atoms with Gasteiger partial charge in [-0.25, -0.2) is 4.79 Å². The highest BCUT2D eigenvalue weighted by Crippen LogP contribution is 2.33. The second-order valence-corrected chi connectivity index (χ2v) is 7.60. The molecule has 25 heavy (non-hydrogen) atoms. The van der Waals surface area contributed by atoms with Crippen molar-refractivity contribution in [2.45, 2.75) is 53.2 Å². The van der Waals surface area contributed by atoms with Crippen LogP contribution in [0.3, 0.4) is 0 Å². The summed E-state index contributed by atoms with van der Waals surface area (Å²) >= 11 is 0. The van der Waals surface area contributed by atoms with Crippen molar-refractivity contribution in [1.29, 1.82) is 0 Å². The largest absolute Gasteiger partial charge is 0.445 e. The van der Waals surface area contributed by atoms with Gasteiger partial charge in [0, 0.05) is 13.1 Å². The molecule has 1 heterocycles. The topological polar surface area (TPSA) is 58.6 Å². The maximum Gasteiger partial charge on any atom is 0.408 e. The summed E-state index contributed by atoms with van der Waals surface area (Å²) in [5, 5.41) is 2.76. The van der Waals surface area contributed by atoms with Crippen LogP contribution in [0, 0.1) is 11.3 Å². The number of carbonyl (C=O) groups is 2. The molecule has 0 radical (unpaired) electrons. The van der Waals surface area contributed by atoms with Crippen LogP contribution in [0.5, 0.6) is 0 Å². The number of hydrogen-bond acceptors (Lipinski definition) is 3. The standard InChI is InChI=1S/C20H30N2O3/c1-5-20(4)11-12-22(14-20)18(23)17(15(2)3)21-19(24)25-13-16-9-7-6-8-10-16/h6-10,15,17H,5,11-14H2,1-4H3,(H,21,24)/t17-,20?/m0/s1. The lowest BCUT2D eigenvalue weighted by molar-refractivity contribution is -0.133. The molecule has 1 saturated heterocycles. The Bertz CT molecular complexity index is 588. The fourth-order valence-corrected chi connectivity index (χ4v) is 3.10. The van der Waals surface area contributed by atoms with Crippen molar-refractivity contribution >= 4 is 12.0 Å². The van der Waals surface area contributed by atoms with Gasteiger partial charge in [0.1, 0.15) is 12.6 Å². The van der Waals surface area contributed by atoms with Gasteiger partial charge in [-0.3, -0.25) is 4.79 Å². The Balaban J connectivity index is 1.91. The van der Waals surface area contributed by atoms with E-state index in [4.69, 9.17) is 4.74 Å². The average Bonchev–Trinajstić information content (AvgIpc) is 3.01. The van der Waals surface area contributed by atoms with Gasteiger partial charge in [-0.1, -0.05) is 58.0 Å². The highest BCUT2D eigenvalue weighted by Gasteiger charge is 2.38. The van der Waals surface area contributed by atoms with Crippen molar-refractivity contribution in [3.05, 3.63) is 35.9 Å². The molecule has 2 atom stereocenters. The Hall–Kier alpha value is -2.04. The normalized spacial score (nSPS) is 21.2. The molecule has 1 aromatic carbocycles. The van der Waals surface area contributed by atoms with Gasteiger partial charge in [0.25, 0.3) is 0 Å². The maximum atomic E-state index is 12.9. The Labute approximate surface area is 150 Å². The number of carbonyl (C=O) groups excluding carboxylic acids is 2. The predicted octanol–water partition coefficient (Wildman–Crippen LogP) is 3.59. The zero-order chi connectivity index (χ0) is 18.4. The van der Waals surface area contributed by atoms with Crippen LogP contribution in [0.4, 0.5) is 4.79 Å². The van der Waals surface area contributed by atoms with Crippen LogP contribution in [-0.2, 0) is 16.1 Å². The van der Waals surface area contributed by atoms with E-state index in [0.29, 0.717) is 0 Å². The minimum absolute atomic E-state index is 0.00487. The number of nitrogens with zero attached hydrogens (tertiary/aromatic N) is 1. The van der Waals surface area contributed by atoms with E-state index in [-0.39, 0.29) is 23.8 Å². The van der Waals surface area contributed by atoms with Gasteiger partial charge in [-0.2, -0.15) is 0 Å². The lowest BCUT2D eigenvalue weighted by atomic mass is 9.87. The zero-order valence-corrected chi connectivity index (χ0v) is 15.7. The van der Waals surface area contributed by atoms with Crippen LogP contribution in [-0.4, -0.2) is 36.0 Å². The minimum Gasteiger partial charge on any atom is -0.445 e. The third-order valence-electron chi connectivity index (χ3n) is 5.14. The van der Waals surface area contributed by atoms with Gasteiger partial charge in [0.2, 0.25) is 5.91 Å². The van der Waals surface area contributed by atoms with E-state index >= 15 is 0 Å². The van der Waals surface area contributed by atoms with Crippen molar-refractivity contribution in [3.8, 4) is 0 Å². The second-order valence-electron chi connectivity index (χ2n) is 7.60. The van der Waals surface area contributed by atoms with Crippen molar-refractivity contribution < 1.29 is 14.3 Å². The molecule has 0 aliphatic carbocycles. The number of hydrogen-bond donors (Lipinski definition) is 1. The predicted molar refractivity (Wildman–Crippen MR) is 98.0 cm³/mol. The number of benzene rings is 1. The SMILES string of the molecule is CCC1(C)CCN(C(=O)[C@@H](NC(=O)OCc2ccccc2)C(C)C)C1. The lowest BCUT2D eigenvalue weighted by Gasteiger charge is -2.28. The van der Waals surface area contributed by atoms with E-state index in [1.807, 2.05) is 49.1 Å². The monoisotopic (exact) mass is 346 g/mol. The molecule has 2 rings (SSSR count). The number of ether oxygens (including phenoxy) is 1. The van der Waals surface area contributed by atoms with E-state index in [1.165, 1.54) is 0 Å². The van der Waals surface area contributed by atoms with E-state index in [0.717, 1.165) is 31.5 Å². The van der Waals surface area contributed by atoms with E-state index < -0.39 is 12.1 Å². The summed E-state index contributed by atoms with van der Waals surface area (Å²) in [7, 11) is 0. The number of amides is 2. The summed E-state index contributed by atoms with van der Waals surface area (Å²) in [6.45, 7) is 9.96. The van der Waals surface area contributed by atoms with Gasteiger partial charge >= 0.3 is 6.09 Å². The molecule has 1 aliphatic heterocycles. The number of rotatable bonds is 6. The Morgan fingerprint density at radius 2 is 1.96 bits per heavy atom. The first-order valence-electron chi connectivity index (χ1n) is 9.10. The van der Waals surface area contributed by atoms with Crippen molar-refractivity contribution in [3.63, 3.8) is 0 Å². The molecule has 2 amide bonds. The van der Waals surface area contributed by atoms with Crippen LogP contribution in [0.15, 0.2) is 30.3 Å². The molecule has 5 heteroatoms. The van der Waals surface area contributed by atoms with Crippen molar-refractivity contribution in [2.75, 3.05) is 13.1 Å². The molecule has 0 spiro atoms. The molecule has 0 aromatic heterocycles. The summed E-state index contributed by atoms with van der Waals surface area (Å²) in [6, 6.07) is 8.95. The third kappa shape index (κ3) is 5.21. The molecule has 0 saturated carbocycles.